The van der Waals surface area contributed by atoms with Gasteiger partial charge in [0, 0.05) is 12.2 Å². The molecule has 0 N–H and O–H groups in total. The van der Waals surface area contributed by atoms with Gasteiger partial charge in [0.1, 0.15) is 5.75 Å². The van der Waals surface area contributed by atoms with E-state index in [1.165, 1.54) is 0 Å². The van der Waals surface area contributed by atoms with Crippen molar-refractivity contribution in [2.45, 2.75) is 19.9 Å². The number of methoxy groups -OCH3 is 1. The third kappa shape index (κ3) is 3.05. The highest BCUT2D eigenvalue weighted by atomic mass is 35.5. The Hall–Kier alpha value is -2.59. The molecule has 0 radical (unpaired) electrons. The lowest BCUT2D eigenvalue weighted by atomic mass is 10.0. The molecule has 0 bridgehead atoms. The minimum absolute atomic E-state index is 0.339. The van der Waals surface area contributed by atoms with Gasteiger partial charge in [-0.25, -0.2) is 0 Å². The number of nitrogens with zero attached hydrogens (tertiary/aromatic N) is 1. The van der Waals surface area contributed by atoms with Crippen molar-refractivity contribution >= 4 is 33.5 Å². The number of fused-ring (bicyclic) bond motifs is 1. The summed E-state index contributed by atoms with van der Waals surface area (Å²) in [6, 6.07) is 15.5. The minimum Gasteiger partial charge on any atom is -0.496 e. The molecule has 0 amide bonds. The van der Waals surface area contributed by atoms with E-state index in [0.717, 1.165) is 16.8 Å². The SMILES string of the molecule is CCc1c(C(=O)C(=O)Cl)c2c(OC)cccc2n1Cc1ccccc1. The van der Waals surface area contributed by atoms with Crippen molar-refractivity contribution in [2.24, 2.45) is 0 Å². The van der Waals surface area contributed by atoms with E-state index >= 15 is 0 Å². The highest BCUT2D eigenvalue weighted by Gasteiger charge is 2.27. The number of carbonyl (C=O) groups is 2. The van der Waals surface area contributed by atoms with E-state index in [4.69, 9.17) is 16.3 Å². The highest BCUT2D eigenvalue weighted by molar-refractivity contribution is 6.83. The summed E-state index contributed by atoms with van der Waals surface area (Å²) in [6.07, 6.45) is 0.593. The Labute approximate surface area is 151 Å². The molecule has 25 heavy (non-hydrogen) atoms. The minimum atomic E-state index is -0.987. The zero-order chi connectivity index (χ0) is 18.0. The van der Waals surface area contributed by atoms with Gasteiger partial charge >= 0.3 is 0 Å². The van der Waals surface area contributed by atoms with Crippen LogP contribution in [0.2, 0.25) is 0 Å². The molecule has 4 nitrogen and oxygen atoms in total. The van der Waals surface area contributed by atoms with Gasteiger partial charge in [-0.05, 0) is 35.7 Å². The Balaban J connectivity index is 2.33. The summed E-state index contributed by atoms with van der Waals surface area (Å²) in [5, 5.41) is -0.351. The van der Waals surface area contributed by atoms with Crippen molar-refractivity contribution in [3.8, 4) is 5.75 Å². The number of hydrogen-bond donors (Lipinski definition) is 0. The number of rotatable bonds is 6. The molecule has 0 saturated heterocycles. The number of ether oxygens (including phenoxy) is 1. The van der Waals surface area contributed by atoms with Crippen LogP contribution in [-0.2, 0) is 17.8 Å². The summed E-state index contributed by atoms with van der Waals surface area (Å²) < 4.78 is 7.50. The topological polar surface area (TPSA) is 48.3 Å². The maximum absolute atomic E-state index is 12.5. The number of hydrogen-bond acceptors (Lipinski definition) is 3. The first-order chi connectivity index (χ1) is 12.1. The van der Waals surface area contributed by atoms with Crippen LogP contribution in [-0.4, -0.2) is 22.7 Å². The van der Waals surface area contributed by atoms with Crippen molar-refractivity contribution in [1.29, 1.82) is 0 Å². The van der Waals surface area contributed by atoms with Gasteiger partial charge in [-0.15, -0.1) is 0 Å². The van der Waals surface area contributed by atoms with Crippen LogP contribution < -0.4 is 4.74 Å². The van der Waals surface area contributed by atoms with E-state index < -0.39 is 11.0 Å². The van der Waals surface area contributed by atoms with Gasteiger partial charge in [0.15, 0.2) is 0 Å². The molecule has 0 aliphatic carbocycles. The number of benzene rings is 2. The molecule has 0 aliphatic rings. The third-order valence-electron chi connectivity index (χ3n) is 4.30. The van der Waals surface area contributed by atoms with Gasteiger partial charge in [0.05, 0.1) is 23.6 Å². The van der Waals surface area contributed by atoms with E-state index in [0.29, 0.717) is 29.7 Å². The average Bonchev–Trinajstić information content (AvgIpc) is 2.95. The molecule has 0 atom stereocenters. The molecule has 0 fully saturated rings. The summed E-state index contributed by atoms with van der Waals surface area (Å²) in [6.45, 7) is 2.55. The van der Waals surface area contributed by atoms with Crippen LogP contribution in [0.3, 0.4) is 0 Å². The van der Waals surface area contributed by atoms with Crippen LogP contribution in [0.5, 0.6) is 5.75 Å². The standard InChI is InChI=1S/C20H18ClNO3/c1-3-14-18(19(23)20(21)24)17-15(10-7-11-16(17)25-2)22(14)12-13-8-5-4-6-9-13/h4-11H,3,12H2,1-2H3. The molecule has 3 aromatic rings. The normalized spacial score (nSPS) is 10.8. The van der Waals surface area contributed by atoms with E-state index in [-0.39, 0.29) is 0 Å². The first kappa shape index (κ1) is 17.2. The Morgan fingerprint density at radius 2 is 1.80 bits per heavy atom. The second-order valence-electron chi connectivity index (χ2n) is 5.70. The fourth-order valence-corrected chi connectivity index (χ4v) is 3.34. The molecule has 0 spiro atoms. The quantitative estimate of drug-likeness (QED) is 0.378. The summed E-state index contributed by atoms with van der Waals surface area (Å²) in [7, 11) is 1.55. The molecule has 1 aromatic heterocycles. The second-order valence-corrected chi connectivity index (χ2v) is 6.05. The molecular formula is C20H18ClNO3. The van der Waals surface area contributed by atoms with E-state index in [2.05, 4.69) is 4.57 Å². The largest absolute Gasteiger partial charge is 0.496 e. The monoisotopic (exact) mass is 355 g/mol. The van der Waals surface area contributed by atoms with Gasteiger partial charge in [-0.3, -0.25) is 9.59 Å². The fraction of sp³-hybridized carbons (Fsp3) is 0.200. The van der Waals surface area contributed by atoms with E-state index in [9.17, 15) is 9.59 Å². The van der Waals surface area contributed by atoms with Gasteiger partial charge in [-0.2, -0.15) is 0 Å². The molecule has 1 heterocycles. The number of aromatic nitrogens is 1. The lowest BCUT2D eigenvalue weighted by Crippen LogP contribution is -2.12. The van der Waals surface area contributed by atoms with Crippen molar-refractivity contribution in [1.82, 2.24) is 4.57 Å². The van der Waals surface area contributed by atoms with Crippen molar-refractivity contribution in [2.75, 3.05) is 7.11 Å². The molecule has 2 aromatic carbocycles. The van der Waals surface area contributed by atoms with E-state index in [1.54, 1.807) is 13.2 Å². The zero-order valence-electron chi connectivity index (χ0n) is 14.1. The highest BCUT2D eigenvalue weighted by Crippen LogP contribution is 2.35. The molecule has 128 valence electrons. The molecular weight excluding hydrogens is 338 g/mol. The summed E-state index contributed by atoms with van der Waals surface area (Å²) in [4.78, 5) is 24.1. The number of carbonyl (C=O) groups excluding carboxylic acids is 2. The molecule has 5 heteroatoms. The lowest BCUT2D eigenvalue weighted by Gasteiger charge is -2.10. The summed E-state index contributed by atoms with van der Waals surface area (Å²) >= 11 is 5.52. The van der Waals surface area contributed by atoms with Crippen LogP contribution in [0.15, 0.2) is 48.5 Å². The second kappa shape index (κ2) is 7.11. The molecule has 3 rings (SSSR count). The maximum Gasteiger partial charge on any atom is 0.293 e. The number of Topliss-reactive ketones (excluding diaryl/α,β-unsaturated/α-hetero) is 1. The average molecular weight is 356 g/mol. The van der Waals surface area contributed by atoms with Crippen molar-refractivity contribution in [3.63, 3.8) is 0 Å². The fourth-order valence-electron chi connectivity index (χ4n) is 3.25. The smallest absolute Gasteiger partial charge is 0.293 e. The van der Waals surface area contributed by atoms with Gasteiger partial charge in [0.2, 0.25) is 5.78 Å². The zero-order valence-corrected chi connectivity index (χ0v) is 14.8. The van der Waals surface area contributed by atoms with Crippen molar-refractivity contribution in [3.05, 3.63) is 65.4 Å². The van der Waals surface area contributed by atoms with Crippen LogP contribution >= 0.6 is 11.6 Å². The van der Waals surface area contributed by atoms with Crippen molar-refractivity contribution < 1.29 is 14.3 Å². The Kier molecular flexibility index (Phi) is 4.91. The lowest BCUT2D eigenvalue weighted by molar-refractivity contribution is -0.108. The Morgan fingerprint density at radius 3 is 2.40 bits per heavy atom. The molecule has 0 unspecified atom stereocenters. The maximum atomic E-state index is 12.5. The van der Waals surface area contributed by atoms with Crippen LogP contribution in [0.25, 0.3) is 10.9 Å². The predicted octanol–water partition coefficient (Wildman–Crippen LogP) is 4.21. The predicted molar refractivity (Wildman–Crippen MR) is 98.6 cm³/mol. The Morgan fingerprint density at radius 1 is 1.08 bits per heavy atom. The third-order valence-corrected chi connectivity index (χ3v) is 4.47. The summed E-state index contributed by atoms with van der Waals surface area (Å²) in [5.74, 6) is -0.139. The van der Waals surface area contributed by atoms with Crippen LogP contribution in [0.1, 0.15) is 28.5 Å². The van der Waals surface area contributed by atoms with Crippen LogP contribution in [0, 0.1) is 0 Å². The van der Waals surface area contributed by atoms with Crippen LogP contribution in [0.4, 0.5) is 0 Å². The Bertz CT molecular complexity index is 944. The molecule has 0 saturated carbocycles. The van der Waals surface area contributed by atoms with Gasteiger partial charge in [0.25, 0.3) is 5.24 Å². The summed E-state index contributed by atoms with van der Waals surface area (Å²) in [5.41, 5.74) is 3.07. The van der Waals surface area contributed by atoms with E-state index in [1.807, 2.05) is 49.4 Å². The van der Waals surface area contributed by atoms with Gasteiger partial charge < -0.3 is 9.30 Å². The first-order valence-electron chi connectivity index (χ1n) is 8.04. The van der Waals surface area contributed by atoms with Gasteiger partial charge in [-0.1, -0.05) is 43.3 Å². The number of ketones is 1. The molecule has 0 aliphatic heterocycles. The first-order valence-corrected chi connectivity index (χ1v) is 8.42. The number of halogens is 1.